The van der Waals surface area contributed by atoms with E-state index in [1.54, 1.807) is 19.1 Å². The zero-order chi connectivity index (χ0) is 14.5. The highest BCUT2D eigenvalue weighted by Gasteiger charge is 2.16. The number of carbonyl (C=O) groups excluding carboxylic acids is 1. The number of aromatic carboxylic acids is 1. The summed E-state index contributed by atoms with van der Waals surface area (Å²) in [6, 6.07) is 14.3. The van der Waals surface area contributed by atoms with E-state index in [9.17, 15) is 14.7 Å². The molecule has 2 aromatic carbocycles. The van der Waals surface area contributed by atoms with Crippen LogP contribution >= 0.6 is 0 Å². The van der Waals surface area contributed by atoms with Crippen molar-refractivity contribution in [3.8, 4) is 11.1 Å². The molecule has 0 aliphatic rings. The van der Waals surface area contributed by atoms with Crippen molar-refractivity contribution in [2.24, 2.45) is 0 Å². The molecule has 20 heavy (non-hydrogen) atoms. The third-order valence-corrected chi connectivity index (χ3v) is 2.97. The second kappa shape index (κ2) is 6.02. The van der Waals surface area contributed by atoms with Crippen molar-refractivity contribution in [3.63, 3.8) is 0 Å². The Hall–Kier alpha value is -2.62. The lowest BCUT2D eigenvalue weighted by Crippen LogP contribution is -2.14. The molecule has 4 nitrogen and oxygen atoms in total. The number of hydrogen-bond acceptors (Lipinski definition) is 2. The maximum absolute atomic E-state index is 11.6. The number of carboxylic acid groups (broad SMARTS) is 1. The molecule has 2 aromatic rings. The first kappa shape index (κ1) is 13.8. The van der Waals surface area contributed by atoms with E-state index in [0.717, 1.165) is 5.56 Å². The Morgan fingerprint density at radius 3 is 2.35 bits per heavy atom. The summed E-state index contributed by atoms with van der Waals surface area (Å²) < 4.78 is 0. The van der Waals surface area contributed by atoms with Gasteiger partial charge in [0.15, 0.2) is 0 Å². The van der Waals surface area contributed by atoms with Crippen LogP contribution in [-0.4, -0.2) is 17.0 Å². The summed E-state index contributed by atoms with van der Waals surface area (Å²) in [5.74, 6) is -1.27. The fraction of sp³-hybridized carbons (Fsp3) is 0.125. The van der Waals surface area contributed by atoms with E-state index in [1.807, 2.05) is 30.3 Å². The quantitative estimate of drug-likeness (QED) is 0.894. The van der Waals surface area contributed by atoms with Crippen LogP contribution in [0.25, 0.3) is 11.1 Å². The number of rotatable bonds is 4. The zero-order valence-corrected chi connectivity index (χ0v) is 11.1. The van der Waals surface area contributed by atoms with Crippen molar-refractivity contribution in [1.29, 1.82) is 0 Å². The minimum absolute atomic E-state index is 0.0909. The predicted molar refractivity (Wildman–Crippen MR) is 77.8 cm³/mol. The summed E-state index contributed by atoms with van der Waals surface area (Å²) in [6.07, 6.45) is 0.294. The van der Waals surface area contributed by atoms with Crippen molar-refractivity contribution in [3.05, 3.63) is 54.1 Å². The van der Waals surface area contributed by atoms with Gasteiger partial charge in [-0.15, -0.1) is 0 Å². The Morgan fingerprint density at radius 1 is 1.05 bits per heavy atom. The van der Waals surface area contributed by atoms with Crippen molar-refractivity contribution in [2.45, 2.75) is 13.3 Å². The number of para-hydroxylation sites is 1. The van der Waals surface area contributed by atoms with Crippen LogP contribution in [0.2, 0.25) is 0 Å². The van der Waals surface area contributed by atoms with Gasteiger partial charge < -0.3 is 10.4 Å². The van der Waals surface area contributed by atoms with Crippen LogP contribution in [0.3, 0.4) is 0 Å². The zero-order valence-electron chi connectivity index (χ0n) is 11.1. The summed E-state index contributed by atoms with van der Waals surface area (Å²) in [4.78, 5) is 23.0. The largest absolute Gasteiger partial charge is 0.478 e. The molecule has 0 aliphatic heterocycles. The Balaban J connectivity index is 2.59. The third kappa shape index (κ3) is 2.85. The topological polar surface area (TPSA) is 66.4 Å². The third-order valence-electron chi connectivity index (χ3n) is 2.97. The maximum Gasteiger partial charge on any atom is 0.337 e. The minimum atomic E-state index is -1.06. The minimum Gasteiger partial charge on any atom is -0.478 e. The first-order valence-electron chi connectivity index (χ1n) is 6.35. The number of hydrogen-bond donors (Lipinski definition) is 2. The van der Waals surface area contributed by atoms with Crippen molar-refractivity contribution >= 4 is 17.6 Å². The number of anilines is 1. The van der Waals surface area contributed by atoms with Crippen molar-refractivity contribution in [1.82, 2.24) is 0 Å². The van der Waals surface area contributed by atoms with Gasteiger partial charge in [-0.2, -0.15) is 0 Å². The number of amides is 1. The number of benzene rings is 2. The molecule has 0 radical (unpaired) electrons. The molecular formula is C16H15NO3. The molecule has 2 rings (SSSR count). The molecule has 2 N–H and O–H groups in total. The molecule has 0 bridgehead atoms. The molecule has 0 unspecified atom stereocenters. The lowest BCUT2D eigenvalue weighted by Gasteiger charge is -2.13. The fourth-order valence-electron chi connectivity index (χ4n) is 1.95. The van der Waals surface area contributed by atoms with Crippen LogP contribution in [0.15, 0.2) is 48.5 Å². The van der Waals surface area contributed by atoms with Crippen LogP contribution in [0.1, 0.15) is 23.7 Å². The van der Waals surface area contributed by atoms with Gasteiger partial charge in [-0.3, -0.25) is 4.79 Å². The molecule has 0 fully saturated rings. The average molecular weight is 269 g/mol. The molecule has 0 spiro atoms. The van der Waals surface area contributed by atoms with Gasteiger partial charge in [0.25, 0.3) is 0 Å². The van der Waals surface area contributed by atoms with Crippen LogP contribution in [0, 0.1) is 0 Å². The van der Waals surface area contributed by atoms with Gasteiger partial charge >= 0.3 is 5.97 Å². The fourth-order valence-corrected chi connectivity index (χ4v) is 1.95. The van der Waals surface area contributed by atoms with E-state index in [0.29, 0.717) is 17.7 Å². The Morgan fingerprint density at radius 2 is 1.75 bits per heavy atom. The summed E-state index contributed by atoms with van der Waals surface area (Å²) in [6.45, 7) is 1.72. The summed E-state index contributed by atoms with van der Waals surface area (Å²) in [5, 5.41) is 12.0. The molecule has 4 heteroatoms. The van der Waals surface area contributed by atoms with Gasteiger partial charge in [0, 0.05) is 12.0 Å². The maximum atomic E-state index is 11.6. The summed E-state index contributed by atoms with van der Waals surface area (Å²) in [5.41, 5.74) is 2.00. The van der Waals surface area contributed by atoms with Gasteiger partial charge in [-0.1, -0.05) is 49.4 Å². The van der Waals surface area contributed by atoms with Gasteiger partial charge in [0.2, 0.25) is 5.91 Å². The average Bonchev–Trinajstić information content (AvgIpc) is 2.48. The second-order valence-corrected chi connectivity index (χ2v) is 4.30. The van der Waals surface area contributed by atoms with Crippen molar-refractivity contribution in [2.75, 3.05) is 5.32 Å². The number of carbonyl (C=O) groups is 2. The Kier molecular flexibility index (Phi) is 4.15. The lowest BCUT2D eigenvalue weighted by atomic mass is 10.00. The number of nitrogens with one attached hydrogen (secondary N) is 1. The van der Waals surface area contributed by atoms with Crippen LogP contribution in [0.5, 0.6) is 0 Å². The Bertz CT molecular complexity index is 635. The molecule has 1 amide bonds. The van der Waals surface area contributed by atoms with Gasteiger partial charge in [0.1, 0.15) is 0 Å². The van der Waals surface area contributed by atoms with Crippen LogP contribution < -0.4 is 5.32 Å². The van der Waals surface area contributed by atoms with Gasteiger partial charge in [0.05, 0.1) is 11.3 Å². The van der Waals surface area contributed by atoms with Crippen molar-refractivity contribution < 1.29 is 14.7 Å². The molecule has 0 aromatic heterocycles. The summed E-state index contributed by atoms with van der Waals surface area (Å²) in [7, 11) is 0. The van der Waals surface area contributed by atoms with Gasteiger partial charge in [-0.05, 0) is 11.6 Å². The highest BCUT2D eigenvalue weighted by atomic mass is 16.4. The molecular weight excluding hydrogens is 254 g/mol. The highest BCUT2D eigenvalue weighted by molar-refractivity contribution is 6.05. The lowest BCUT2D eigenvalue weighted by molar-refractivity contribution is -0.115. The normalized spacial score (nSPS) is 10.1. The first-order chi connectivity index (χ1) is 9.63. The standard InChI is InChI=1S/C16H15NO3/c1-2-14(18)17-15-12(11-7-4-3-5-8-11)9-6-10-13(15)16(19)20/h3-10H,2H2,1H3,(H,17,18)(H,19,20). The second-order valence-electron chi connectivity index (χ2n) is 4.30. The van der Waals surface area contributed by atoms with Crippen LogP contribution in [-0.2, 0) is 4.79 Å². The van der Waals surface area contributed by atoms with E-state index in [4.69, 9.17) is 0 Å². The predicted octanol–water partition coefficient (Wildman–Crippen LogP) is 3.40. The molecule has 0 saturated heterocycles. The highest BCUT2D eigenvalue weighted by Crippen LogP contribution is 2.31. The molecule has 102 valence electrons. The van der Waals surface area contributed by atoms with E-state index >= 15 is 0 Å². The monoisotopic (exact) mass is 269 g/mol. The molecule has 0 atom stereocenters. The Labute approximate surface area is 117 Å². The first-order valence-corrected chi connectivity index (χ1v) is 6.35. The van der Waals surface area contributed by atoms with Gasteiger partial charge in [-0.25, -0.2) is 4.79 Å². The van der Waals surface area contributed by atoms with E-state index in [-0.39, 0.29) is 11.5 Å². The van der Waals surface area contributed by atoms with E-state index < -0.39 is 5.97 Å². The van der Waals surface area contributed by atoms with Crippen LogP contribution in [0.4, 0.5) is 5.69 Å². The molecule has 0 saturated carbocycles. The molecule has 0 aliphatic carbocycles. The van der Waals surface area contributed by atoms with E-state index in [1.165, 1.54) is 6.07 Å². The molecule has 0 heterocycles. The number of carboxylic acids is 1. The smallest absolute Gasteiger partial charge is 0.337 e. The van der Waals surface area contributed by atoms with E-state index in [2.05, 4.69) is 5.32 Å². The summed E-state index contributed by atoms with van der Waals surface area (Å²) >= 11 is 0. The SMILES string of the molecule is CCC(=O)Nc1c(C(=O)O)cccc1-c1ccccc1.